The molecular weight excluding hydrogens is 216 g/mol. The van der Waals surface area contributed by atoms with E-state index in [1.807, 2.05) is 19.1 Å². The van der Waals surface area contributed by atoms with Gasteiger partial charge in [-0.2, -0.15) is 0 Å². The van der Waals surface area contributed by atoms with Gasteiger partial charge in [-0.1, -0.05) is 0 Å². The first-order valence-electron chi connectivity index (χ1n) is 5.89. The average molecular weight is 234 g/mol. The van der Waals surface area contributed by atoms with Crippen molar-refractivity contribution in [3.05, 3.63) is 24.0 Å². The van der Waals surface area contributed by atoms with Gasteiger partial charge in [-0.25, -0.2) is 0 Å². The van der Waals surface area contributed by atoms with Gasteiger partial charge in [-0.05, 0) is 19.1 Å². The molecule has 1 aliphatic rings. The first-order chi connectivity index (χ1) is 8.24. The topological polar surface area (TPSA) is 57.3 Å². The Kier molecular flexibility index (Phi) is 4.06. The summed E-state index contributed by atoms with van der Waals surface area (Å²) in [5, 5.41) is 6.11. The Hall–Kier alpha value is -1.46. The van der Waals surface area contributed by atoms with Crippen LogP contribution in [0.1, 0.15) is 5.69 Å². The monoisotopic (exact) mass is 234 g/mol. The molecule has 0 aromatic carbocycles. The SMILES string of the molecule is Cc1ccc(NC(=O)CN2CCNCC2)cn1. The number of nitrogens with one attached hydrogen (secondary N) is 2. The lowest BCUT2D eigenvalue weighted by atomic mass is 10.3. The van der Waals surface area contributed by atoms with E-state index in [0.29, 0.717) is 6.54 Å². The predicted octanol–water partition coefficient (Wildman–Crippen LogP) is 0.234. The van der Waals surface area contributed by atoms with E-state index in [9.17, 15) is 4.79 Å². The second-order valence-corrected chi connectivity index (χ2v) is 4.26. The molecule has 2 rings (SSSR count). The van der Waals surface area contributed by atoms with Gasteiger partial charge in [-0.3, -0.25) is 14.7 Å². The van der Waals surface area contributed by atoms with Crippen molar-refractivity contribution >= 4 is 11.6 Å². The Morgan fingerprint density at radius 1 is 1.47 bits per heavy atom. The summed E-state index contributed by atoms with van der Waals surface area (Å²) >= 11 is 0. The molecule has 1 aromatic rings. The summed E-state index contributed by atoms with van der Waals surface area (Å²) in [6.07, 6.45) is 1.69. The third-order valence-corrected chi connectivity index (χ3v) is 2.77. The number of aryl methyl sites for hydroxylation is 1. The van der Waals surface area contributed by atoms with Crippen molar-refractivity contribution in [2.75, 3.05) is 38.0 Å². The van der Waals surface area contributed by atoms with E-state index in [1.165, 1.54) is 0 Å². The standard InChI is InChI=1S/C12H18N4O/c1-10-2-3-11(8-14-10)15-12(17)9-16-6-4-13-5-7-16/h2-3,8,13H,4-7,9H2,1H3,(H,15,17). The van der Waals surface area contributed by atoms with Crippen LogP contribution in [-0.4, -0.2) is 48.5 Å². The Morgan fingerprint density at radius 3 is 2.88 bits per heavy atom. The van der Waals surface area contributed by atoms with Gasteiger partial charge in [0.1, 0.15) is 0 Å². The number of pyridine rings is 1. The van der Waals surface area contributed by atoms with Gasteiger partial charge in [0.05, 0.1) is 18.4 Å². The summed E-state index contributed by atoms with van der Waals surface area (Å²) in [4.78, 5) is 18.1. The molecule has 0 spiro atoms. The van der Waals surface area contributed by atoms with Gasteiger partial charge in [0.25, 0.3) is 0 Å². The molecule has 2 N–H and O–H groups in total. The molecule has 0 aliphatic carbocycles. The fourth-order valence-electron chi connectivity index (χ4n) is 1.81. The van der Waals surface area contributed by atoms with Crippen molar-refractivity contribution < 1.29 is 4.79 Å². The minimum atomic E-state index is 0.0255. The fourth-order valence-corrected chi connectivity index (χ4v) is 1.81. The van der Waals surface area contributed by atoms with Crippen LogP contribution in [0, 0.1) is 6.92 Å². The number of carbonyl (C=O) groups excluding carboxylic acids is 1. The summed E-state index contributed by atoms with van der Waals surface area (Å²) in [5.74, 6) is 0.0255. The number of anilines is 1. The molecule has 0 saturated carbocycles. The number of rotatable bonds is 3. The summed E-state index contributed by atoms with van der Waals surface area (Å²) in [7, 11) is 0. The largest absolute Gasteiger partial charge is 0.324 e. The fraction of sp³-hybridized carbons (Fsp3) is 0.500. The molecule has 0 bridgehead atoms. The quantitative estimate of drug-likeness (QED) is 0.786. The number of hydrogen-bond donors (Lipinski definition) is 2. The number of carbonyl (C=O) groups is 1. The highest BCUT2D eigenvalue weighted by atomic mass is 16.2. The van der Waals surface area contributed by atoms with Crippen LogP contribution in [0.5, 0.6) is 0 Å². The first kappa shape index (κ1) is 12.0. The van der Waals surface area contributed by atoms with Gasteiger partial charge in [0, 0.05) is 31.9 Å². The molecule has 5 heteroatoms. The van der Waals surface area contributed by atoms with Crippen LogP contribution in [0.4, 0.5) is 5.69 Å². The highest BCUT2D eigenvalue weighted by Crippen LogP contribution is 2.05. The van der Waals surface area contributed by atoms with E-state index in [2.05, 4.69) is 20.5 Å². The first-order valence-corrected chi connectivity index (χ1v) is 5.89. The highest BCUT2D eigenvalue weighted by Gasteiger charge is 2.13. The van der Waals surface area contributed by atoms with Gasteiger partial charge >= 0.3 is 0 Å². The maximum absolute atomic E-state index is 11.8. The lowest BCUT2D eigenvalue weighted by Gasteiger charge is -2.26. The molecule has 0 radical (unpaired) electrons. The molecule has 2 heterocycles. The number of amides is 1. The maximum atomic E-state index is 11.8. The third-order valence-electron chi connectivity index (χ3n) is 2.77. The molecule has 17 heavy (non-hydrogen) atoms. The van der Waals surface area contributed by atoms with E-state index in [0.717, 1.165) is 37.6 Å². The molecular formula is C12H18N4O. The lowest BCUT2D eigenvalue weighted by molar-refractivity contribution is -0.117. The van der Waals surface area contributed by atoms with E-state index in [4.69, 9.17) is 0 Å². The van der Waals surface area contributed by atoms with Gasteiger partial charge in [0.2, 0.25) is 5.91 Å². The van der Waals surface area contributed by atoms with Crippen LogP contribution in [0.2, 0.25) is 0 Å². The van der Waals surface area contributed by atoms with Crippen molar-refractivity contribution in [2.24, 2.45) is 0 Å². The molecule has 5 nitrogen and oxygen atoms in total. The Balaban J connectivity index is 1.82. The minimum Gasteiger partial charge on any atom is -0.324 e. The van der Waals surface area contributed by atoms with Crippen LogP contribution < -0.4 is 10.6 Å². The smallest absolute Gasteiger partial charge is 0.238 e. The van der Waals surface area contributed by atoms with Crippen molar-refractivity contribution in [3.63, 3.8) is 0 Å². The van der Waals surface area contributed by atoms with Crippen LogP contribution >= 0.6 is 0 Å². The van der Waals surface area contributed by atoms with E-state index in [-0.39, 0.29) is 5.91 Å². The Morgan fingerprint density at radius 2 is 2.24 bits per heavy atom. The summed E-state index contributed by atoms with van der Waals surface area (Å²) in [6.45, 7) is 6.15. The van der Waals surface area contributed by atoms with Crippen molar-refractivity contribution in [2.45, 2.75) is 6.92 Å². The van der Waals surface area contributed by atoms with Crippen molar-refractivity contribution in [1.82, 2.24) is 15.2 Å². The molecule has 1 aliphatic heterocycles. The van der Waals surface area contributed by atoms with E-state index >= 15 is 0 Å². The second-order valence-electron chi connectivity index (χ2n) is 4.26. The van der Waals surface area contributed by atoms with E-state index < -0.39 is 0 Å². The number of piperazine rings is 1. The molecule has 0 unspecified atom stereocenters. The zero-order valence-electron chi connectivity index (χ0n) is 10.1. The van der Waals surface area contributed by atoms with Crippen molar-refractivity contribution in [3.8, 4) is 0 Å². The molecule has 1 amide bonds. The van der Waals surface area contributed by atoms with Crippen LogP contribution in [0.3, 0.4) is 0 Å². The maximum Gasteiger partial charge on any atom is 0.238 e. The van der Waals surface area contributed by atoms with Crippen molar-refractivity contribution in [1.29, 1.82) is 0 Å². The average Bonchev–Trinajstić information content (AvgIpc) is 2.33. The highest BCUT2D eigenvalue weighted by molar-refractivity contribution is 5.92. The third kappa shape index (κ3) is 3.80. The molecule has 92 valence electrons. The Bertz CT molecular complexity index is 371. The summed E-state index contributed by atoms with van der Waals surface area (Å²) < 4.78 is 0. The summed E-state index contributed by atoms with van der Waals surface area (Å²) in [5.41, 5.74) is 1.71. The molecule has 1 saturated heterocycles. The van der Waals surface area contributed by atoms with Gasteiger partial charge in [0.15, 0.2) is 0 Å². The lowest BCUT2D eigenvalue weighted by Crippen LogP contribution is -2.46. The van der Waals surface area contributed by atoms with E-state index in [1.54, 1.807) is 6.20 Å². The zero-order chi connectivity index (χ0) is 12.1. The number of aromatic nitrogens is 1. The summed E-state index contributed by atoms with van der Waals surface area (Å²) in [6, 6.07) is 3.76. The van der Waals surface area contributed by atoms with Crippen LogP contribution in [-0.2, 0) is 4.79 Å². The molecule has 1 fully saturated rings. The second kappa shape index (κ2) is 5.75. The molecule has 1 aromatic heterocycles. The van der Waals surface area contributed by atoms with Crippen LogP contribution in [0.25, 0.3) is 0 Å². The number of nitrogens with zero attached hydrogens (tertiary/aromatic N) is 2. The van der Waals surface area contributed by atoms with Gasteiger partial charge < -0.3 is 10.6 Å². The Labute approximate surface area is 101 Å². The van der Waals surface area contributed by atoms with Gasteiger partial charge in [-0.15, -0.1) is 0 Å². The predicted molar refractivity (Wildman–Crippen MR) is 66.9 cm³/mol. The normalized spacial score (nSPS) is 16.8. The minimum absolute atomic E-state index is 0.0255. The number of hydrogen-bond acceptors (Lipinski definition) is 4. The van der Waals surface area contributed by atoms with Crippen LogP contribution in [0.15, 0.2) is 18.3 Å². The molecule has 0 atom stereocenters. The zero-order valence-corrected chi connectivity index (χ0v) is 10.1.